The molecule has 0 N–H and O–H groups in total. The van der Waals surface area contributed by atoms with Crippen molar-refractivity contribution in [3.8, 4) is 22.7 Å². The van der Waals surface area contributed by atoms with E-state index in [-0.39, 0.29) is 6.54 Å². The van der Waals surface area contributed by atoms with E-state index in [0.29, 0.717) is 36.3 Å². The average Bonchev–Trinajstić information content (AvgIpc) is 3.36. The van der Waals surface area contributed by atoms with Gasteiger partial charge in [-0.15, -0.1) is 5.10 Å². The fraction of sp³-hybridized carbons (Fsp3) is 0.429. The second kappa shape index (κ2) is 8.64. The highest BCUT2D eigenvalue weighted by Gasteiger charge is 2.37. The lowest BCUT2D eigenvalue weighted by Crippen LogP contribution is -2.42. The van der Waals surface area contributed by atoms with Gasteiger partial charge in [0.15, 0.2) is 0 Å². The van der Waals surface area contributed by atoms with Crippen LogP contribution in [0.5, 0.6) is 5.75 Å². The number of aromatic nitrogens is 5. The first-order valence-corrected chi connectivity index (χ1v) is 10.2. The van der Waals surface area contributed by atoms with Crippen LogP contribution in [0.2, 0.25) is 0 Å². The number of rotatable bonds is 5. The number of halogens is 3. The Kier molecular flexibility index (Phi) is 5.90. The Balaban J connectivity index is 1.60. The molecule has 3 aromatic rings. The van der Waals surface area contributed by atoms with Crippen LogP contribution in [0.1, 0.15) is 31.0 Å². The molecule has 32 heavy (non-hydrogen) atoms. The van der Waals surface area contributed by atoms with E-state index >= 15 is 0 Å². The van der Waals surface area contributed by atoms with Crippen molar-refractivity contribution >= 4 is 5.91 Å². The molecule has 8 nitrogen and oxygen atoms in total. The van der Waals surface area contributed by atoms with Gasteiger partial charge in [-0.2, -0.15) is 13.2 Å². The topological polar surface area (TPSA) is 78.1 Å². The third kappa shape index (κ3) is 4.61. The van der Waals surface area contributed by atoms with Crippen LogP contribution in [0.25, 0.3) is 16.9 Å². The Hall–Kier alpha value is -3.37. The Bertz CT molecular complexity index is 1110. The maximum absolute atomic E-state index is 12.9. The SMILES string of the molecule is COc1cc(-c2cn(C3CCCCN(CC(F)(F)F)C3=O)nn2)ccc1-n1cnc(C)c1. The lowest BCUT2D eigenvalue weighted by atomic mass is 10.1. The third-order valence-electron chi connectivity index (χ3n) is 5.42. The molecule has 1 saturated heterocycles. The monoisotopic (exact) mass is 448 g/mol. The molecule has 0 radical (unpaired) electrons. The van der Waals surface area contributed by atoms with Gasteiger partial charge in [-0.1, -0.05) is 11.3 Å². The summed E-state index contributed by atoms with van der Waals surface area (Å²) in [5.41, 5.74) is 2.87. The summed E-state index contributed by atoms with van der Waals surface area (Å²) < 4.78 is 47.4. The quantitative estimate of drug-likeness (QED) is 0.597. The molecule has 1 aliphatic heterocycles. The number of alkyl halides is 3. The molecule has 1 atom stereocenters. The summed E-state index contributed by atoms with van der Waals surface area (Å²) in [6.07, 6.45) is 2.28. The third-order valence-corrected chi connectivity index (χ3v) is 5.42. The summed E-state index contributed by atoms with van der Waals surface area (Å²) >= 11 is 0. The van der Waals surface area contributed by atoms with Gasteiger partial charge in [0.1, 0.15) is 24.0 Å². The van der Waals surface area contributed by atoms with Crippen molar-refractivity contribution in [1.29, 1.82) is 0 Å². The Morgan fingerprint density at radius 3 is 2.72 bits per heavy atom. The summed E-state index contributed by atoms with van der Waals surface area (Å²) in [7, 11) is 1.56. The van der Waals surface area contributed by atoms with Gasteiger partial charge in [-0.25, -0.2) is 9.67 Å². The van der Waals surface area contributed by atoms with Crippen LogP contribution >= 0.6 is 0 Å². The van der Waals surface area contributed by atoms with Crippen LogP contribution in [0.4, 0.5) is 13.2 Å². The molecule has 170 valence electrons. The maximum Gasteiger partial charge on any atom is 0.406 e. The lowest BCUT2D eigenvalue weighted by molar-refractivity contribution is -0.162. The van der Waals surface area contributed by atoms with Crippen molar-refractivity contribution < 1.29 is 22.7 Å². The first kappa shape index (κ1) is 21.8. The summed E-state index contributed by atoms with van der Waals surface area (Å²) in [6.45, 7) is 0.722. The molecule has 1 aromatic carbocycles. The zero-order valence-corrected chi connectivity index (χ0v) is 17.7. The zero-order chi connectivity index (χ0) is 22.9. The molecular weight excluding hydrogens is 425 g/mol. The number of hydrogen-bond donors (Lipinski definition) is 0. The number of methoxy groups -OCH3 is 1. The second-order valence-electron chi connectivity index (χ2n) is 7.78. The minimum absolute atomic E-state index is 0.0861. The predicted molar refractivity (Wildman–Crippen MR) is 109 cm³/mol. The smallest absolute Gasteiger partial charge is 0.406 e. The molecule has 1 amide bonds. The number of carbonyl (C=O) groups excluding carboxylic acids is 1. The molecule has 0 spiro atoms. The van der Waals surface area contributed by atoms with Crippen LogP contribution in [0.15, 0.2) is 36.9 Å². The van der Waals surface area contributed by atoms with Gasteiger partial charge < -0.3 is 14.2 Å². The van der Waals surface area contributed by atoms with E-state index in [1.165, 1.54) is 4.68 Å². The minimum Gasteiger partial charge on any atom is -0.495 e. The van der Waals surface area contributed by atoms with Crippen molar-refractivity contribution in [1.82, 2.24) is 29.4 Å². The van der Waals surface area contributed by atoms with E-state index < -0.39 is 24.7 Å². The molecule has 11 heteroatoms. The summed E-state index contributed by atoms with van der Waals surface area (Å²) in [4.78, 5) is 17.9. The van der Waals surface area contributed by atoms with Gasteiger partial charge in [-0.3, -0.25) is 4.79 Å². The van der Waals surface area contributed by atoms with Crippen LogP contribution in [0, 0.1) is 6.92 Å². The van der Waals surface area contributed by atoms with E-state index in [9.17, 15) is 18.0 Å². The van der Waals surface area contributed by atoms with Crippen LogP contribution in [-0.2, 0) is 4.79 Å². The number of ether oxygens (including phenoxy) is 1. The number of hydrogen-bond acceptors (Lipinski definition) is 5. The number of amides is 1. The van der Waals surface area contributed by atoms with Crippen LogP contribution in [0.3, 0.4) is 0 Å². The Morgan fingerprint density at radius 2 is 2.03 bits per heavy atom. The van der Waals surface area contributed by atoms with Crippen molar-refractivity contribution in [2.75, 3.05) is 20.2 Å². The zero-order valence-electron chi connectivity index (χ0n) is 17.7. The van der Waals surface area contributed by atoms with Crippen molar-refractivity contribution in [2.45, 2.75) is 38.4 Å². The highest BCUT2D eigenvalue weighted by Crippen LogP contribution is 2.30. The van der Waals surface area contributed by atoms with Crippen LogP contribution < -0.4 is 4.74 Å². The standard InChI is InChI=1S/C21H23F3N6O2/c1-14-10-29(13-25-14)17-7-6-15(9-19(17)32-2)16-11-30(27-26-16)18-5-3-4-8-28(20(18)31)12-21(22,23)24/h6-7,9-11,13,18H,3-5,8,12H2,1-2H3. The molecule has 0 bridgehead atoms. The molecule has 1 fully saturated rings. The van der Waals surface area contributed by atoms with Gasteiger partial charge in [0.2, 0.25) is 5.91 Å². The van der Waals surface area contributed by atoms with Crippen LogP contribution in [-0.4, -0.2) is 61.7 Å². The number of nitrogens with zero attached hydrogens (tertiary/aromatic N) is 6. The first-order valence-electron chi connectivity index (χ1n) is 10.2. The minimum atomic E-state index is -4.44. The second-order valence-corrected chi connectivity index (χ2v) is 7.78. The van der Waals surface area contributed by atoms with Gasteiger partial charge in [0, 0.05) is 18.3 Å². The normalized spacial score (nSPS) is 17.5. The van der Waals surface area contributed by atoms with Gasteiger partial charge in [0.25, 0.3) is 0 Å². The first-order chi connectivity index (χ1) is 15.2. The molecular formula is C21H23F3N6O2. The summed E-state index contributed by atoms with van der Waals surface area (Å²) in [5, 5.41) is 8.21. The Morgan fingerprint density at radius 1 is 1.22 bits per heavy atom. The molecule has 1 aliphatic rings. The Labute approximate surface area is 182 Å². The van der Waals surface area contributed by atoms with E-state index in [1.54, 1.807) is 25.7 Å². The van der Waals surface area contributed by atoms with Crippen molar-refractivity contribution in [3.05, 3.63) is 42.6 Å². The van der Waals surface area contributed by atoms with Gasteiger partial charge >= 0.3 is 6.18 Å². The van der Waals surface area contributed by atoms with Crippen molar-refractivity contribution in [3.63, 3.8) is 0 Å². The number of imidazole rings is 1. The molecule has 0 saturated carbocycles. The highest BCUT2D eigenvalue weighted by atomic mass is 19.4. The maximum atomic E-state index is 12.9. The molecule has 0 aliphatic carbocycles. The lowest BCUT2D eigenvalue weighted by Gasteiger charge is -2.25. The highest BCUT2D eigenvalue weighted by molar-refractivity contribution is 5.80. The summed E-state index contributed by atoms with van der Waals surface area (Å²) in [5.74, 6) is 0.0102. The predicted octanol–water partition coefficient (Wildman–Crippen LogP) is 3.56. The number of carbonyl (C=O) groups is 1. The van der Waals surface area contributed by atoms with Crippen molar-refractivity contribution in [2.24, 2.45) is 0 Å². The number of aryl methyl sites for hydroxylation is 1. The van der Waals surface area contributed by atoms with E-state index in [1.807, 2.05) is 29.8 Å². The largest absolute Gasteiger partial charge is 0.495 e. The fourth-order valence-electron chi connectivity index (χ4n) is 3.87. The number of likely N-dealkylation sites (tertiary alicyclic amines) is 1. The molecule has 4 rings (SSSR count). The summed E-state index contributed by atoms with van der Waals surface area (Å²) in [6, 6.07) is 4.68. The molecule has 1 unspecified atom stereocenters. The fourth-order valence-corrected chi connectivity index (χ4v) is 3.87. The van der Waals surface area contributed by atoms with E-state index in [4.69, 9.17) is 4.74 Å². The molecule has 2 aromatic heterocycles. The van der Waals surface area contributed by atoms with Gasteiger partial charge in [-0.05, 0) is 38.3 Å². The number of benzene rings is 1. The van der Waals surface area contributed by atoms with E-state index in [0.717, 1.165) is 16.3 Å². The van der Waals surface area contributed by atoms with Gasteiger partial charge in [0.05, 0.1) is 31.0 Å². The molecule has 3 heterocycles. The average molecular weight is 448 g/mol. The van der Waals surface area contributed by atoms with E-state index in [2.05, 4.69) is 15.3 Å².